The summed E-state index contributed by atoms with van der Waals surface area (Å²) >= 11 is 4.87. The van der Waals surface area contributed by atoms with Gasteiger partial charge in [0.05, 0.1) is 0 Å². The first-order chi connectivity index (χ1) is 8.04. The molecule has 3 N–H and O–H groups in total. The molecular formula is C12H16N2O2S. The highest BCUT2D eigenvalue weighted by Crippen LogP contribution is 2.11. The first-order valence-corrected chi connectivity index (χ1v) is 5.77. The van der Waals surface area contributed by atoms with Crippen LogP contribution in [0.5, 0.6) is 0 Å². The third kappa shape index (κ3) is 4.13. The molecule has 4 nitrogen and oxygen atoms in total. The number of carbonyl (C=O) groups is 1. The van der Waals surface area contributed by atoms with Gasteiger partial charge < -0.3 is 15.8 Å². The lowest BCUT2D eigenvalue weighted by atomic mass is 10.2. The van der Waals surface area contributed by atoms with Gasteiger partial charge in [0, 0.05) is 17.9 Å². The predicted octanol–water partition coefficient (Wildman–Crippen LogP) is 1.68. The van der Waals surface area contributed by atoms with E-state index < -0.39 is 6.10 Å². The summed E-state index contributed by atoms with van der Waals surface area (Å²) in [4.78, 5) is 12.0. The van der Waals surface area contributed by atoms with Gasteiger partial charge in [-0.3, -0.25) is 4.79 Å². The molecule has 0 radical (unpaired) electrons. The van der Waals surface area contributed by atoms with E-state index in [1.807, 2.05) is 6.92 Å². The minimum absolute atomic E-state index is 0.188. The minimum atomic E-state index is -0.478. The second-order valence-electron chi connectivity index (χ2n) is 3.53. The summed E-state index contributed by atoms with van der Waals surface area (Å²) in [5.41, 5.74) is 6.90. The van der Waals surface area contributed by atoms with Crippen molar-refractivity contribution in [2.75, 3.05) is 11.9 Å². The first kappa shape index (κ1) is 13.6. The van der Waals surface area contributed by atoms with E-state index in [9.17, 15) is 4.79 Å². The lowest BCUT2D eigenvalue weighted by Gasteiger charge is -2.12. The Kier molecular flexibility index (Phi) is 5.06. The molecule has 0 fully saturated rings. The van der Waals surface area contributed by atoms with Gasteiger partial charge in [0.25, 0.3) is 5.91 Å². The molecule has 0 bridgehead atoms. The zero-order valence-electron chi connectivity index (χ0n) is 9.90. The molecule has 92 valence electrons. The zero-order chi connectivity index (χ0) is 12.8. The molecule has 0 spiro atoms. The molecule has 5 heteroatoms. The van der Waals surface area contributed by atoms with Crippen molar-refractivity contribution in [3.05, 3.63) is 29.8 Å². The van der Waals surface area contributed by atoms with Gasteiger partial charge in [0.1, 0.15) is 11.1 Å². The number of benzene rings is 1. The van der Waals surface area contributed by atoms with Crippen molar-refractivity contribution in [2.45, 2.75) is 20.0 Å². The molecule has 17 heavy (non-hydrogen) atoms. The number of anilines is 1. The van der Waals surface area contributed by atoms with Crippen molar-refractivity contribution in [3.63, 3.8) is 0 Å². The molecular weight excluding hydrogens is 236 g/mol. The minimum Gasteiger partial charge on any atom is -0.389 e. The van der Waals surface area contributed by atoms with Crippen molar-refractivity contribution in [1.29, 1.82) is 0 Å². The average Bonchev–Trinajstić information content (AvgIpc) is 2.29. The third-order valence-corrected chi connectivity index (χ3v) is 2.44. The highest BCUT2D eigenvalue weighted by atomic mass is 32.1. The molecule has 0 heterocycles. The van der Waals surface area contributed by atoms with Crippen LogP contribution < -0.4 is 11.1 Å². The van der Waals surface area contributed by atoms with Crippen molar-refractivity contribution in [3.8, 4) is 0 Å². The summed E-state index contributed by atoms with van der Waals surface area (Å²) in [6.07, 6.45) is -0.478. The molecule has 0 aliphatic rings. The van der Waals surface area contributed by atoms with Crippen LogP contribution in [0.1, 0.15) is 19.4 Å². The Labute approximate surface area is 106 Å². The fourth-order valence-corrected chi connectivity index (χ4v) is 1.45. The topological polar surface area (TPSA) is 64.3 Å². The molecule has 1 rings (SSSR count). The van der Waals surface area contributed by atoms with Crippen LogP contribution in [0, 0.1) is 0 Å². The SMILES string of the molecule is CCOC(C)C(=O)Nc1cccc(C(N)=S)c1. The Morgan fingerprint density at radius 2 is 2.29 bits per heavy atom. The molecule has 0 saturated carbocycles. The van der Waals surface area contributed by atoms with Gasteiger partial charge in [-0.05, 0) is 26.0 Å². The van der Waals surface area contributed by atoms with Gasteiger partial charge in [0.2, 0.25) is 0 Å². The van der Waals surface area contributed by atoms with Crippen LogP contribution in [0.15, 0.2) is 24.3 Å². The average molecular weight is 252 g/mol. The Bertz CT molecular complexity index is 421. The smallest absolute Gasteiger partial charge is 0.253 e. The lowest BCUT2D eigenvalue weighted by Crippen LogP contribution is -2.27. The van der Waals surface area contributed by atoms with E-state index in [4.69, 9.17) is 22.7 Å². The summed E-state index contributed by atoms with van der Waals surface area (Å²) in [5.74, 6) is -0.188. The van der Waals surface area contributed by atoms with Crippen molar-refractivity contribution in [1.82, 2.24) is 0 Å². The van der Waals surface area contributed by atoms with Gasteiger partial charge in [-0.1, -0.05) is 24.4 Å². The zero-order valence-corrected chi connectivity index (χ0v) is 10.7. The molecule has 1 unspecified atom stereocenters. The van der Waals surface area contributed by atoms with E-state index in [1.165, 1.54) is 0 Å². The second kappa shape index (κ2) is 6.32. The van der Waals surface area contributed by atoms with Gasteiger partial charge >= 0.3 is 0 Å². The Morgan fingerprint density at radius 1 is 1.59 bits per heavy atom. The van der Waals surface area contributed by atoms with Gasteiger partial charge in [0.15, 0.2) is 0 Å². The van der Waals surface area contributed by atoms with Gasteiger partial charge in [-0.2, -0.15) is 0 Å². The van der Waals surface area contributed by atoms with Crippen molar-refractivity contribution >= 4 is 28.8 Å². The Balaban J connectivity index is 2.71. The molecule has 1 amide bonds. The maximum Gasteiger partial charge on any atom is 0.253 e. The summed E-state index contributed by atoms with van der Waals surface area (Å²) in [6, 6.07) is 7.09. The third-order valence-electron chi connectivity index (χ3n) is 2.20. The fraction of sp³-hybridized carbons (Fsp3) is 0.333. The van der Waals surface area contributed by atoms with E-state index >= 15 is 0 Å². The number of nitrogens with two attached hydrogens (primary N) is 1. The normalized spacial score (nSPS) is 11.9. The summed E-state index contributed by atoms with van der Waals surface area (Å²) in [7, 11) is 0. The van der Waals surface area contributed by atoms with Crippen LogP contribution in [0.3, 0.4) is 0 Å². The van der Waals surface area contributed by atoms with Gasteiger partial charge in [-0.15, -0.1) is 0 Å². The molecule has 1 atom stereocenters. The maximum absolute atomic E-state index is 11.7. The highest BCUT2D eigenvalue weighted by molar-refractivity contribution is 7.80. The van der Waals surface area contributed by atoms with E-state index in [2.05, 4.69) is 5.32 Å². The number of rotatable bonds is 5. The Hall–Kier alpha value is -1.46. The highest BCUT2D eigenvalue weighted by Gasteiger charge is 2.12. The fourth-order valence-electron chi connectivity index (χ4n) is 1.32. The van der Waals surface area contributed by atoms with E-state index in [1.54, 1.807) is 31.2 Å². The molecule has 1 aromatic carbocycles. The summed E-state index contributed by atoms with van der Waals surface area (Å²) in [5, 5.41) is 2.74. The monoisotopic (exact) mass is 252 g/mol. The quantitative estimate of drug-likeness (QED) is 0.783. The number of hydrogen-bond acceptors (Lipinski definition) is 3. The van der Waals surface area contributed by atoms with Crippen LogP contribution in [0.25, 0.3) is 0 Å². The number of amides is 1. The standard InChI is InChI=1S/C12H16N2O2S/c1-3-16-8(2)12(15)14-10-6-4-5-9(7-10)11(13)17/h4-8H,3H2,1-2H3,(H2,13,17)(H,14,15). The number of ether oxygens (including phenoxy) is 1. The molecule has 0 aliphatic carbocycles. The van der Waals surface area contributed by atoms with Crippen LogP contribution >= 0.6 is 12.2 Å². The largest absolute Gasteiger partial charge is 0.389 e. The number of carbonyl (C=O) groups excluding carboxylic acids is 1. The maximum atomic E-state index is 11.7. The summed E-state index contributed by atoms with van der Waals surface area (Å²) < 4.78 is 5.19. The second-order valence-corrected chi connectivity index (χ2v) is 3.97. The van der Waals surface area contributed by atoms with Crippen molar-refractivity contribution < 1.29 is 9.53 Å². The summed E-state index contributed by atoms with van der Waals surface area (Å²) in [6.45, 7) is 4.05. The van der Waals surface area contributed by atoms with E-state index in [-0.39, 0.29) is 5.91 Å². The number of thiocarbonyl (C=S) groups is 1. The predicted molar refractivity (Wildman–Crippen MR) is 72.0 cm³/mol. The molecule has 1 aromatic rings. The van der Waals surface area contributed by atoms with E-state index in [0.29, 0.717) is 17.3 Å². The molecule has 0 aromatic heterocycles. The van der Waals surface area contributed by atoms with Crippen molar-refractivity contribution in [2.24, 2.45) is 5.73 Å². The lowest BCUT2D eigenvalue weighted by molar-refractivity contribution is -0.126. The first-order valence-electron chi connectivity index (χ1n) is 5.37. The van der Waals surface area contributed by atoms with Crippen LogP contribution in [-0.2, 0) is 9.53 Å². The molecule has 0 aliphatic heterocycles. The van der Waals surface area contributed by atoms with Crippen LogP contribution in [0.4, 0.5) is 5.69 Å². The molecule has 0 saturated heterocycles. The number of nitrogens with one attached hydrogen (secondary N) is 1. The van der Waals surface area contributed by atoms with Crippen LogP contribution in [0.2, 0.25) is 0 Å². The van der Waals surface area contributed by atoms with Crippen LogP contribution in [-0.4, -0.2) is 23.6 Å². The Morgan fingerprint density at radius 3 is 2.88 bits per heavy atom. The van der Waals surface area contributed by atoms with E-state index in [0.717, 1.165) is 5.56 Å². The van der Waals surface area contributed by atoms with Gasteiger partial charge in [-0.25, -0.2) is 0 Å². The number of hydrogen-bond donors (Lipinski definition) is 2.